The average molecular weight is 252 g/mol. The van der Waals surface area contributed by atoms with Gasteiger partial charge in [0.2, 0.25) is 0 Å². The van der Waals surface area contributed by atoms with Crippen LogP contribution in [0.4, 0.5) is 0 Å². The molecule has 1 saturated heterocycles. The number of piperazine rings is 1. The zero-order chi connectivity index (χ0) is 7.40. The number of halogens is 1. The maximum absolute atomic E-state index is 3.72. The topological polar surface area (TPSA) is 6.48 Å². The first-order valence-electron chi connectivity index (χ1n) is 3.57. The predicted octanol–water partition coefficient (Wildman–Crippen LogP) is 1.14. The lowest BCUT2D eigenvalue weighted by atomic mass is 10.3. The Morgan fingerprint density at radius 3 is 2.40 bits per heavy atom. The minimum Gasteiger partial charge on any atom is -0.297 e. The van der Waals surface area contributed by atoms with Gasteiger partial charge in [-0.05, 0) is 0 Å². The maximum atomic E-state index is 3.72. The summed E-state index contributed by atoms with van der Waals surface area (Å²) in [4.78, 5) is 2.42. The van der Waals surface area contributed by atoms with Crippen LogP contribution < -0.4 is 0 Å². The molecule has 0 aromatic carbocycles. The molecule has 3 heteroatoms. The molecule has 0 saturated carbocycles. The number of hydrogen-bond donors (Lipinski definition) is 0. The van der Waals surface area contributed by atoms with Crippen molar-refractivity contribution in [1.82, 2.24) is 8.01 Å². The van der Waals surface area contributed by atoms with Crippen LogP contribution >= 0.6 is 22.9 Å². The normalized spacial score (nSPS) is 22.9. The Kier molecular flexibility index (Phi) is 3.65. The number of hydrogen-bond acceptors (Lipinski definition) is 2. The third-order valence-electron chi connectivity index (χ3n) is 1.71. The van der Waals surface area contributed by atoms with Crippen molar-refractivity contribution in [1.29, 1.82) is 0 Å². The van der Waals surface area contributed by atoms with Gasteiger partial charge < -0.3 is 0 Å². The van der Waals surface area contributed by atoms with Crippen LogP contribution in [0.25, 0.3) is 0 Å². The largest absolute Gasteiger partial charge is 0.297 e. The third-order valence-corrected chi connectivity index (χ3v) is 2.67. The molecule has 1 fully saturated rings. The van der Waals surface area contributed by atoms with Gasteiger partial charge in [0.15, 0.2) is 0 Å². The Hall–Kier alpha value is 0.390. The molecule has 0 atom stereocenters. The highest BCUT2D eigenvalue weighted by atomic mass is 127. The molecule has 10 heavy (non-hydrogen) atoms. The SMILES string of the molecule is C=CCN1CCN(I)CC1. The molecule has 0 bridgehead atoms. The van der Waals surface area contributed by atoms with Gasteiger partial charge in [-0.2, -0.15) is 0 Å². The molecule has 58 valence electrons. The van der Waals surface area contributed by atoms with Gasteiger partial charge in [0, 0.05) is 55.6 Å². The van der Waals surface area contributed by atoms with Crippen molar-refractivity contribution in [3.63, 3.8) is 0 Å². The van der Waals surface area contributed by atoms with Crippen molar-refractivity contribution in [3.05, 3.63) is 12.7 Å². The molecule has 0 radical (unpaired) electrons. The van der Waals surface area contributed by atoms with E-state index in [1.165, 1.54) is 26.2 Å². The summed E-state index contributed by atoms with van der Waals surface area (Å²) in [5.74, 6) is 0. The highest BCUT2D eigenvalue weighted by Gasteiger charge is 2.12. The van der Waals surface area contributed by atoms with Crippen LogP contribution in [0.3, 0.4) is 0 Å². The lowest BCUT2D eigenvalue weighted by Gasteiger charge is -2.29. The van der Waals surface area contributed by atoms with Crippen LogP contribution in [0.1, 0.15) is 0 Å². The van der Waals surface area contributed by atoms with E-state index in [4.69, 9.17) is 0 Å². The van der Waals surface area contributed by atoms with Crippen molar-refractivity contribution in [3.8, 4) is 0 Å². The second kappa shape index (κ2) is 4.31. The van der Waals surface area contributed by atoms with Gasteiger partial charge in [-0.1, -0.05) is 6.08 Å². The fourth-order valence-electron chi connectivity index (χ4n) is 1.09. The molecule has 0 aromatic rings. The molecule has 0 aromatic heterocycles. The van der Waals surface area contributed by atoms with Gasteiger partial charge >= 0.3 is 0 Å². The van der Waals surface area contributed by atoms with Crippen molar-refractivity contribution in [2.24, 2.45) is 0 Å². The summed E-state index contributed by atoms with van der Waals surface area (Å²) >= 11 is 2.38. The van der Waals surface area contributed by atoms with Gasteiger partial charge in [-0.3, -0.25) is 4.90 Å². The van der Waals surface area contributed by atoms with E-state index in [9.17, 15) is 0 Å². The summed E-state index contributed by atoms with van der Waals surface area (Å²) < 4.78 is 2.33. The Bertz CT molecular complexity index is 108. The highest BCUT2D eigenvalue weighted by Crippen LogP contribution is 2.05. The van der Waals surface area contributed by atoms with Crippen molar-refractivity contribution in [2.45, 2.75) is 0 Å². The zero-order valence-electron chi connectivity index (χ0n) is 6.09. The average Bonchev–Trinajstić information content (AvgIpc) is 1.95. The van der Waals surface area contributed by atoms with E-state index in [0.717, 1.165) is 6.54 Å². The van der Waals surface area contributed by atoms with Crippen LogP contribution in [0.5, 0.6) is 0 Å². The van der Waals surface area contributed by atoms with Crippen molar-refractivity contribution in [2.75, 3.05) is 32.7 Å². The number of rotatable bonds is 2. The first-order chi connectivity index (χ1) is 4.83. The van der Waals surface area contributed by atoms with E-state index in [0.29, 0.717) is 0 Å². The van der Waals surface area contributed by atoms with E-state index < -0.39 is 0 Å². The first-order valence-corrected chi connectivity index (χ1v) is 4.53. The van der Waals surface area contributed by atoms with E-state index in [1.807, 2.05) is 6.08 Å². The van der Waals surface area contributed by atoms with Crippen molar-refractivity contribution < 1.29 is 0 Å². The lowest BCUT2D eigenvalue weighted by molar-refractivity contribution is 0.224. The molecule has 0 unspecified atom stereocenters. The van der Waals surface area contributed by atoms with Gasteiger partial charge in [0.25, 0.3) is 0 Å². The van der Waals surface area contributed by atoms with E-state index in [1.54, 1.807) is 0 Å². The molecule has 1 heterocycles. The minimum absolute atomic E-state index is 1.05. The van der Waals surface area contributed by atoms with Gasteiger partial charge in [-0.25, -0.2) is 3.11 Å². The maximum Gasteiger partial charge on any atom is 0.0209 e. The summed E-state index contributed by atoms with van der Waals surface area (Å²) in [7, 11) is 0. The van der Waals surface area contributed by atoms with E-state index >= 15 is 0 Å². The molecule has 0 amide bonds. The standard InChI is InChI=1S/C7H13IN2/c1-2-3-9-4-6-10(8)7-5-9/h2H,1,3-7H2. The molecule has 1 rings (SSSR count). The lowest BCUT2D eigenvalue weighted by Crippen LogP contribution is -2.41. The van der Waals surface area contributed by atoms with Crippen LogP contribution in [0, 0.1) is 0 Å². The van der Waals surface area contributed by atoms with Gasteiger partial charge in [-0.15, -0.1) is 6.58 Å². The van der Waals surface area contributed by atoms with Crippen LogP contribution in [0.15, 0.2) is 12.7 Å². The summed E-state index contributed by atoms with van der Waals surface area (Å²) in [5, 5.41) is 0. The summed E-state index contributed by atoms with van der Waals surface area (Å²) in [6, 6.07) is 0. The molecular weight excluding hydrogens is 239 g/mol. The Balaban J connectivity index is 2.19. The van der Waals surface area contributed by atoms with Gasteiger partial charge in [0.1, 0.15) is 0 Å². The second-order valence-corrected chi connectivity index (χ2v) is 3.86. The van der Waals surface area contributed by atoms with Gasteiger partial charge in [0.05, 0.1) is 0 Å². The molecule has 2 nitrogen and oxygen atoms in total. The first kappa shape index (κ1) is 8.49. The van der Waals surface area contributed by atoms with Crippen molar-refractivity contribution >= 4 is 22.9 Å². The monoisotopic (exact) mass is 252 g/mol. The number of nitrogens with zero attached hydrogens (tertiary/aromatic N) is 2. The molecule has 0 spiro atoms. The molecule has 1 aliphatic heterocycles. The molecule has 0 N–H and O–H groups in total. The highest BCUT2D eigenvalue weighted by molar-refractivity contribution is 14.1. The predicted molar refractivity (Wildman–Crippen MR) is 52.2 cm³/mol. The van der Waals surface area contributed by atoms with E-state index in [2.05, 4.69) is 37.5 Å². The Labute approximate surface area is 76.4 Å². The Morgan fingerprint density at radius 1 is 1.30 bits per heavy atom. The molecule has 1 aliphatic rings. The van der Waals surface area contributed by atoms with E-state index in [-0.39, 0.29) is 0 Å². The molecule has 0 aliphatic carbocycles. The summed E-state index contributed by atoms with van der Waals surface area (Å²) in [5.41, 5.74) is 0. The fraction of sp³-hybridized carbons (Fsp3) is 0.714. The van der Waals surface area contributed by atoms with Crippen LogP contribution in [-0.4, -0.2) is 40.7 Å². The second-order valence-electron chi connectivity index (χ2n) is 2.50. The quantitative estimate of drug-likeness (QED) is 0.413. The zero-order valence-corrected chi connectivity index (χ0v) is 8.25. The minimum atomic E-state index is 1.05. The van der Waals surface area contributed by atoms with Crippen LogP contribution in [-0.2, 0) is 0 Å². The molecular formula is C7H13IN2. The Morgan fingerprint density at radius 2 is 1.90 bits per heavy atom. The summed E-state index contributed by atoms with van der Waals surface area (Å²) in [6.45, 7) is 9.52. The third kappa shape index (κ3) is 2.56. The fourth-order valence-corrected chi connectivity index (χ4v) is 1.52. The summed E-state index contributed by atoms with van der Waals surface area (Å²) in [6.07, 6.45) is 1.98. The smallest absolute Gasteiger partial charge is 0.0209 e. The van der Waals surface area contributed by atoms with Crippen LogP contribution in [0.2, 0.25) is 0 Å².